The summed E-state index contributed by atoms with van der Waals surface area (Å²) in [6.07, 6.45) is 2.35. The first-order chi connectivity index (χ1) is 8.99. The summed E-state index contributed by atoms with van der Waals surface area (Å²) in [6.45, 7) is 9.75. The van der Waals surface area contributed by atoms with E-state index in [0.717, 1.165) is 29.1 Å². The number of rotatable bonds is 7. The molecule has 0 amide bonds. The van der Waals surface area contributed by atoms with Crippen molar-refractivity contribution in [1.82, 2.24) is 5.32 Å². The average molecular weight is 328 g/mol. The van der Waals surface area contributed by atoms with Crippen LogP contribution in [0.15, 0.2) is 16.6 Å². The van der Waals surface area contributed by atoms with Crippen LogP contribution in [0, 0.1) is 12.8 Å². The molecule has 108 valence electrons. The second-order valence-corrected chi connectivity index (χ2v) is 6.28. The molecule has 0 radical (unpaired) electrons. The van der Waals surface area contributed by atoms with Crippen LogP contribution in [-0.2, 0) is 0 Å². The Morgan fingerprint density at radius 3 is 2.47 bits per heavy atom. The van der Waals surface area contributed by atoms with E-state index in [-0.39, 0.29) is 0 Å². The first-order valence-corrected chi connectivity index (χ1v) is 7.86. The lowest BCUT2D eigenvalue weighted by Crippen LogP contribution is -2.22. The van der Waals surface area contributed by atoms with Gasteiger partial charge in [-0.1, -0.05) is 36.7 Å². The van der Waals surface area contributed by atoms with Gasteiger partial charge in [0.2, 0.25) is 0 Å². The van der Waals surface area contributed by atoms with Crippen LogP contribution in [0.4, 0.5) is 0 Å². The SMILES string of the molecule is CCNC(CCC(C)C)c1cc(Br)c(C)cc1OC. The van der Waals surface area contributed by atoms with Crippen LogP contribution in [0.1, 0.15) is 50.8 Å². The Kier molecular flexibility index (Phi) is 6.87. The van der Waals surface area contributed by atoms with Gasteiger partial charge in [0, 0.05) is 16.1 Å². The average Bonchev–Trinajstić information content (AvgIpc) is 2.37. The first kappa shape index (κ1) is 16.5. The van der Waals surface area contributed by atoms with Gasteiger partial charge in [0.25, 0.3) is 0 Å². The molecule has 0 aliphatic rings. The third-order valence-corrected chi connectivity index (χ3v) is 4.22. The van der Waals surface area contributed by atoms with Gasteiger partial charge in [0.1, 0.15) is 5.75 Å². The molecule has 1 rings (SSSR count). The number of benzene rings is 1. The molecule has 1 unspecified atom stereocenters. The summed E-state index contributed by atoms with van der Waals surface area (Å²) < 4.78 is 6.70. The normalized spacial score (nSPS) is 12.8. The highest BCUT2D eigenvalue weighted by Gasteiger charge is 2.17. The topological polar surface area (TPSA) is 21.3 Å². The summed E-state index contributed by atoms with van der Waals surface area (Å²) in [5, 5.41) is 3.57. The molecule has 0 spiro atoms. The van der Waals surface area contributed by atoms with E-state index in [4.69, 9.17) is 4.74 Å². The van der Waals surface area contributed by atoms with Gasteiger partial charge in [-0.3, -0.25) is 0 Å². The molecule has 0 heterocycles. The molecule has 0 fully saturated rings. The summed E-state index contributed by atoms with van der Waals surface area (Å²) in [5.74, 6) is 1.71. The van der Waals surface area contributed by atoms with E-state index >= 15 is 0 Å². The number of halogens is 1. The molecule has 0 aromatic heterocycles. The van der Waals surface area contributed by atoms with Gasteiger partial charge in [0.15, 0.2) is 0 Å². The molecule has 0 saturated carbocycles. The number of methoxy groups -OCH3 is 1. The zero-order valence-corrected chi connectivity index (χ0v) is 14.3. The van der Waals surface area contributed by atoms with Crippen molar-refractivity contribution in [2.24, 2.45) is 5.92 Å². The van der Waals surface area contributed by atoms with Gasteiger partial charge < -0.3 is 10.1 Å². The van der Waals surface area contributed by atoms with E-state index in [1.54, 1.807) is 7.11 Å². The minimum atomic E-state index is 0.360. The maximum Gasteiger partial charge on any atom is 0.123 e. The van der Waals surface area contributed by atoms with Crippen LogP contribution in [0.5, 0.6) is 5.75 Å². The van der Waals surface area contributed by atoms with Crippen LogP contribution in [0.25, 0.3) is 0 Å². The summed E-state index contributed by atoms with van der Waals surface area (Å²) >= 11 is 3.63. The lowest BCUT2D eigenvalue weighted by molar-refractivity contribution is 0.387. The van der Waals surface area contributed by atoms with Crippen LogP contribution < -0.4 is 10.1 Å². The second kappa shape index (κ2) is 7.91. The molecular weight excluding hydrogens is 302 g/mol. The second-order valence-electron chi connectivity index (χ2n) is 5.42. The van der Waals surface area contributed by atoms with Gasteiger partial charge in [-0.2, -0.15) is 0 Å². The number of nitrogens with one attached hydrogen (secondary N) is 1. The molecular formula is C16H26BrNO. The fourth-order valence-electron chi connectivity index (χ4n) is 2.23. The zero-order valence-electron chi connectivity index (χ0n) is 12.7. The lowest BCUT2D eigenvalue weighted by Gasteiger charge is -2.22. The number of ether oxygens (including phenoxy) is 1. The molecule has 3 heteroatoms. The molecule has 1 N–H and O–H groups in total. The minimum absolute atomic E-state index is 0.360. The van der Waals surface area contributed by atoms with Crippen molar-refractivity contribution in [3.05, 3.63) is 27.7 Å². The summed E-state index contributed by atoms with van der Waals surface area (Å²) in [7, 11) is 1.75. The molecule has 19 heavy (non-hydrogen) atoms. The third kappa shape index (κ3) is 4.81. The quantitative estimate of drug-likeness (QED) is 0.772. The number of aryl methyl sites for hydroxylation is 1. The summed E-state index contributed by atoms with van der Waals surface area (Å²) in [6, 6.07) is 4.67. The maximum absolute atomic E-state index is 5.55. The molecule has 1 aromatic carbocycles. The van der Waals surface area contributed by atoms with Crippen molar-refractivity contribution < 1.29 is 4.74 Å². The van der Waals surface area contributed by atoms with Crippen LogP contribution in [-0.4, -0.2) is 13.7 Å². The molecule has 0 aliphatic heterocycles. The smallest absolute Gasteiger partial charge is 0.123 e. The molecule has 2 nitrogen and oxygen atoms in total. The van der Waals surface area contributed by atoms with E-state index in [1.807, 2.05) is 0 Å². The van der Waals surface area contributed by atoms with Crippen LogP contribution >= 0.6 is 15.9 Å². The fourth-order valence-corrected chi connectivity index (χ4v) is 2.59. The van der Waals surface area contributed by atoms with Crippen molar-refractivity contribution in [3.8, 4) is 5.75 Å². The molecule has 1 atom stereocenters. The van der Waals surface area contributed by atoms with Crippen LogP contribution in [0.2, 0.25) is 0 Å². The predicted molar refractivity (Wildman–Crippen MR) is 85.9 cm³/mol. The molecule has 0 saturated heterocycles. The zero-order chi connectivity index (χ0) is 14.4. The largest absolute Gasteiger partial charge is 0.496 e. The lowest BCUT2D eigenvalue weighted by atomic mass is 9.96. The van der Waals surface area contributed by atoms with Crippen molar-refractivity contribution in [2.75, 3.05) is 13.7 Å². The van der Waals surface area contributed by atoms with Crippen molar-refractivity contribution in [1.29, 1.82) is 0 Å². The van der Waals surface area contributed by atoms with Crippen molar-refractivity contribution >= 4 is 15.9 Å². The summed E-state index contributed by atoms with van der Waals surface area (Å²) in [4.78, 5) is 0. The Labute approximate surface area is 126 Å². The Bertz CT molecular complexity index is 404. The van der Waals surface area contributed by atoms with Gasteiger partial charge in [-0.25, -0.2) is 0 Å². The van der Waals surface area contributed by atoms with Gasteiger partial charge >= 0.3 is 0 Å². The van der Waals surface area contributed by atoms with Gasteiger partial charge in [-0.15, -0.1) is 0 Å². The minimum Gasteiger partial charge on any atom is -0.496 e. The molecule has 0 aliphatic carbocycles. The molecule has 1 aromatic rings. The van der Waals surface area contributed by atoms with E-state index in [9.17, 15) is 0 Å². The van der Waals surface area contributed by atoms with Gasteiger partial charge in [-0.05, 0) is 49.9 Å². The Balaban J connectivity index is 3.02. The Morgan fingerprint density at radius 1 is 1.26 bits per heavy atom. The highest BCUT2D eigenvalue weighted by molar-refractivity contribution is 9.10. The molecule has 0 bridgehead atoms. The van der Waals surface area contributed by atoms with Crippen LogP contribution in [0.3, 0.4) is 0 Å². The van der Waals surface area contributed by atoms with Crippen molar-refractivity contribution in [2.45, 2.75) is 46.6 Å². The first-order valence-electron chi connectivity index (χ1n) is 7.07. The Hall–Kier alpha value is -0.540. The van der Waals surface area contributed by atoms with E-state index < -0.39 is 0 Å². The van der Waals surface area contributed by atoms with E-state index in [2.05, 4.69) is 61.1 Å². The van der Waals surface area contributed by atoms with E-state index in [1.165, 1.54) is 17.5 Å². The number of hydrogen-bond acceptors (Lipinski definition) is 2. The highest BCUT2D eigenvalue weighted by Crippen LogP contribution is 2.33. The Morgan fingerprint density at radius 2 is 1.95 bits per heavy atom. The monoisotopic (exact) mass is 327 g/mol. The maximum atomic E-state index is 5.55. The third-order valence-electron chi connectivity index (χ3n) is 3.37. The highest BCUT2D eigenvalue weighted by atomic mass is 79.9. The predicted octanol–water partition coefficient (Wildman–Crippen LogP) is 4.85. The van der Waals surface area contributed by atoms with E-state index in [0.29, 0.717) is 6.04 Å². The standard InChI is InChI=1S/C16H26BrNO/c1-6-18-15(8-7-11(2)3)13-10-14(17)12(4)9-16(13)19-5/h9-11,15,18H,6-8H2,1-5H3. The number of hydrogen-bond donors (Lipinski definition) is 1. The summed E-state index contributed by atoms with van der Waals surface area (Å²) in [5.41, 5.74) is 2.46. The van der Waals surface area contributed by atoms with Gasteiger partial charge in [0.05, 0.1) is 7.11 Å². The fraction of sp³-hybridized carbons (Fsp3) is 0.625. The van der Waals surface area contributed by atoms with Crippen molar-refractivity contribution in [3.63, 3.8) is 0 Å².